The Hall–Kier alpha value is -0.380. The number of likely N-dealkylation sites (N-methyl/N-ethyl adjacent to an activating group) is 1. The molecule has 3 heteroatoms. The minimum atomic E-state index is -0.423. The van der Waals surface area contributed by atoms with Crippen molar-refractivity contribution in [1.82, 2.24) is 10.2 Å². The molecule has 0 aromatic rings. The van der Waals surface area contributed by atoms with Crippen LogP contribution in [-0.4, -0.2) is 36.5 Å². The number of nitrogens with one attached hydrogen (secondary N) is 1. The van der Waals surface area contributed by atoms with E-state index in [1.807, 2.05) is 24.1 Å². The summed E-state index contributed by atoms with van der Waals surface area (Å²) >= 11 is 0. The third kappa shape index (κ3) is 2.10. The van der Waals surface area contributed by atoms with Crippen molar-refractivity contribution in [3.8, 4) is 0 Å². The molecule has 1 unspecified atom stereocenters. The fourth-order valence-corrected chi connectivity index (χ4v) is 0.899. The Kier molecular flexibility index (Phi) is 2.86. The van der Waals surface area contributed by atoms with E-state index in [9.17, 15) is 5.11 Å². The van der Waals surface area contributed by atoms with Gasteiger partial charge in [-0.3, -0.25) is 4.90 Å². The second-order valence-corrected chi connectivity index (χ2v) is 2.55. The lowest BCUT2D eigenvalue weighted by atomic mass is 10.3. The van der Waals surface area contributed by atoms with Crippen LogP contribution in [0, 0.1) is 0 Å². The van der Waals surface area contributed by atoms with Crippen LogP contribution < -0.4 is 5.32 Å². The molecule has 1 heterocycles. The number of rotatable bonds is 0. The standard InChI is InChI=1S/C7H14N2O/c1-9-6-8-5-3-2-4-7(9)10/h2,4,7-8,10H,3,5-6H2,1H3/b4-2-. The maximum Gasteiger partial charge on any atom is 0.127 e. The molecule has 10 heavy (non-hydrogen) atoms. The Morgan fingerprint density at radius 2 is 2.50 bits per heavy atom. The van der Waals surface area contributed by atoms with Gasteiger partial charge in [0.25, 0.3) is 0 Å². The molecule has 0 saturated heterocycles. The molecule has 3 nitrogen and oxygen atoms in total. The van der Waals surface area contributed by atoms with Crippen LogP contribution in [0.1, 0.15) is 6.42 Å². The SMILES string of the molecule is CN1CNCC/C=C\C1O. The molecule has 0 fully saturated rings. The van der Waals surface area contributed by atoms with Gasteiger partial charge in [-0.15, -0.1) is 0 Å². The zero-order chi connectivity index (χ0) is 7.40. The minimum absolute atomic E-state index is 0.423. The summed E-state index contributed by atoms with van der Waals surface area (Å²) in [6.45, 7) is 1.75. The lowest BCUT2D eigenvalue weighted by molar-refractivity contribution is 0.0551. The van der Waals surface area contributed by atoms with E-state index in [0.717, 1.165) is 19.6 Å². The van der Waals surface area contributed by atoms with E-state index in [0.29, 0.717) is 0 Å². The molecule has 0 radical (unpaired) electrons. The molecule has 0 spiro atoms. The van der Waals surface area contributed by atoms with Gasteiger partial charge in [0.15, 0.2) is 0 Å². The summed E-state index contributed by atoms with van der Waals surface area (Å²) in [4.78, 5) is 1.84. The van der Waals surface area contributed by atoms with E-state index in [4.69, 9.17) is 0 Å². The van der Waals surface area contributed by atoms with Gasteiger partial charge in [0.2, 0.25) is 0 Å². The third-order valence-electron chi connectivity index (χ3n) is 1.61. The van der Waals surface area contributed by atoms with E-state index < -0.39 is 6.23 Å². The highest BCUT2D eigenvalue weighted by Gasteiger charge is 2.06. The molecule has 0 aliphatic carbocycles. The van der Waals surface area contributed by atoms with Crippen molar-refractivity contribution < 1.29 is 5.11 Å². The molecule has 2 N–H and O–H groups in total. The van der Waals surface area contributed by atoms with E-state index in [-0.39, 0.29) is 0 Å². The largest absolute Gasteiger partial charge is 0.375 e. The highest BCUT2D eigenvalue weighted by molar-refractivity contribution is 4.89. The number of aliphatic hydroxyl groups is 1. The molecule has 1 aliphatic heterocycles. The van der Waals surface area contributed by atoms with Gasteiger partial charge in [-0.1, -0.05) is 6.08 Å². The summed E-state index contributed by atoms with van der Waals surface area (Å²) < 4.78 is 0. The number of hydrogen-bond donors (Lipinski definition) is 2. The van der Waals surface area contributed by atoms with E-state index in [1.165, 1.54) is 0 Å². The highest BCUT2D eigenvalue weighted by Crippen LogP contribution is 1.96. The van der Waals surface area contributed by atoms with Crippen LogP contribution in [0.5, 0.6) is 0 Å². The minimum Gasteiger partial charge on any atom is -0.375 e. The molecule has 0 saturated carbocycles. The monoisotopic (exact) mass is 142 g/mol. The fourth-order valence-electron chi connectivity index (χ4n) is 0.899. The van der Waals surface area contributed by atoms with Crippen molar-refractivity contribution in [3.63, 3.8) is 0 Å². The first kappa shape index (κ1) is 7.72. The second kappa shape index (κ2) is 3.71. The maximum atomic E-state index is 9.28. The van der Waals surface area contributed by atoms with Gasteiger partial charge in [0.1, 0.15) is 6.23 Å². The number of hydrogen-bond acceptors (Lipinski definition) is 3. The summed E-state index contributed by atoms with van der Waals surface area (Å²) in [6.07, 6.45) is 4.40. The number of aliphatic hydroxyl groups excluding tert-OH is 1. The Morgan fingerprint density at radius 3 is 3.30 bits per heavy atom. The average molecular weight is 142 g/mol. The van der Waals surface area contributed by atoms with Crippen molar-refractivity contribution in [1.29, 1.82) is 0 Å². The molecular formula is C7H14N2O. The van der Waals surface area contributed by atoms with Gasteiger partial charge < -0.3 is 10.4 Å². The molecule has 1 atom stereocenters. The van der Waals surface area contributed by atoms with Crippen LogP contribution in [0.25, 0.3) is 0 Å². The summed E-state index contributed by atoms with van der Waals surface area (Å²) in [5.41, 5.74) is 0. The van der Waals surface area contributed by atoms with Gasteiger partial charge in [-0.25, -0.2) is 0 Å². The van der Waals surface area contributed by atoms with E-state index in [1.54, 1.807) is 0 Å². The van der Waals surface area contributed by atoms with Crippen molar-refractivity contribution in [2.45, 2.75) is 12.6 Å². The van der Waals surface area contributed by atoms with Crippen LogP contribution in [0.2, 0.25) is 0 Å². The summed E-state index contributed by atoms with van der Waals surface area (Å²) in [6, 6.07) is 0. The van der Waals surface area contributed by atoms with Gasteiger partial charge in [0.05, 0.1) is 6.67 Å². The Bertz CT molecular complexity index is 125. The predicted molar refractivity (Wildman–Crippen MR) is 40.4 cm³/mol. The summed E-state index contributed by atoms with van der Waals surface area (Å²) in [5, 5.41) is 12.5. The van der Waals surface area contributed by atoms with Crippen molar-refractivity contribution >= 4 is 0 Å². The van der Waals surface area contributed by atoms with Crippen LogP contribution in [0.3, 0.4) is 0 Å². The molecule has 0 amide bonds. The van der Waals surface area contributed by atoms with Gasteiger partial charge in [-0.2, -0.15) is 0 Å². The van der Waals surface area contributed by atoms with Gasteiger partial charge >= 0.3 is 0 Å². The van der Waals surface area contributed by atoms with Crippen LogP contribution in [-0.2, 0) is 0 Å². The molecule has 0 aromatic carbocycles. The number of nitrogens with zero attached hydrogens (tertiary/aromatic N) is 1. The van der Waals surface area contributed by atoms with Gasteiger partial charge in [-0.05, 0) is 26.1 Å². The summed E-state index contributed by atoms with van der Waals surface area (Å²) in [7, 11) is 1.88. The summed E-state index contributed by atoms with van der Waals surface area (Å²) in [5.74, 6) is 0. The topological polar surface area (TPSA) is 35.5 Å². The van der Waals surface area contributed by atoms with Crippen LogP contribution in [0.15, 0.2) is 12.2 Å². The van der Waals surface area contributed by atoms with Crippen molar-refractivity contribution in [2.75, 3.05) is 20.3 Å². The van der Waals surface area contributed by atoms with Crippen LogP contribution >= 0.6 is 0 Å². The lowest BCUT2D eigenvalue weighted by Crippen LogP contribution is -2.39. The average Bonchev–Trinajstić information content (AvgIpc) is 1.92. The Labute approximate surface area is 61.3 Å². The quantitative estimate of drug-likeness (QED) is 0.458. The second-order valence-electron chi connectivity index (χ2n) is 2.55. The third-order valence-corrected chi connectivity index (χ3v) is 1.61. The smallest absolute Gasteiger partial charge is 0.127 e. The van der Waals surface area contributed by atoms with E-state index >= 15 is 0 Å². The highest BCUT2D eigenvalue weighted by atomic mass is 16.3. The van der Waals surface area contributed by atoms with Crippen molar-refractivity contribution in [3.05, 3.63) is 12.2 Å². The molecule has 58 valence electrons. The Morgan fingerprint density at radius 1 is 1.70 bits per heavy atom. The Balaban J connectivity index is 2.44. The molecule has 1 rings (SSSR count). The first-order valence-corrected chi connectivity index (χ1v) is 3.56. The first-order chi connectivity index (χ1) is 4.80. The first-order valence-electron chi connectivity index (χ1n) is 3.56. The molecule has 1 aliphatic rings. The predicted octanol–water partition coefficient (Wildman–Crippen LogP) is -0.256. The maximum absolute atomic E-state index is 9.28. The lowest BCUT2D eigenvalue weighted by Gasteiger charge is -2.22. The van der Waals surface area contributed by atoms with Crippen molar-refractivity contribution in [2.24, 2.45) is 0 Å². The zero-order valence-corrected chi connectivity index (χ0v) is 6.25. The fraction of sp³-hybridized carbons (Fsp3) is 0.714. The normalized spacial score (nSPS) is 32.8. The van der Waals surface area contributed by atoms with Crippen LogP contribution in [0.4, 0.5) is 0 Å². The molecular weight excluding hydrogens is 128 g/mol. The molecule has 0 bridgehead atoms. The van der Waals surface area contributed by atoms with Gasteiger partial charge in [0, 0.05) is 0 Å². The zero-order valence-electron chi connectivity index (χ0n) is 6.25. The molecule has 0 aromatic heterocycles. The van der Waals surface area contributed by atoms with E-state index in [2.05, 4.69) is 5.32 Å².